The molecule has 0 bridgehead atoms. The number of carbonyl (C=O) groups excluding carboxylic acids is 2. The summed E-state index contributed by atoms with van der Waals surface area (Å²) in [7, 11) is 0. The zero-order valence-corrected chi connectivity index (χ0v) is 11.8. The lowest BCUT2D eigenvalue weighted by molar-refractivity contribution is -0.141. The van der Waals surface area contributed by atoms with E-state index in [2.05, 4.69) is 0 Å². The number of aliphatic hydroxyl groups excluding tert-OH is 1. The van der Waals surface area contributed by atoms with Crippen LogP contribution in [0.4, 0.5) is 4.39 Å². The summed E-state index contributed by atoms with van der Waals surface area (Å²) in [6.45, 7) is 5.01. The van der Waals surface area contributed by atoms with Crippen LogP contribution in [-0.4, -0.2) is 28.4 Å². The number of halogens is 1. The maximum atomic E-state index is 13.0. The number of imide groups is 1. The quantitative estimate of drug-likeness (QED) is 0.858. The summed E-state index contributed by atoms with van der Waals surface area (Å²) in [6.07, 6.45) is -0.999. The van der Waals surface area contributed by atoms with Gasteiger partial charge in [-0.15, -0.1) is 0 Å². The van der Waals surface area contributed by atoms with Gasteiger partial charge in [0.2, 0.25) is 11.8 Å². The third-order valence-electron chi connectivity index (χ3n) is 4.01. The number of likely N-dealkylation sites (tertiary alicyclic amines) is 1. The van der Waals surface area contributed by atoms with E-state index in [-0.39, 0.29) is 36.0 Å². The van der Waals surface area contributed by atoms with Gasteiger partial charge in [-0.3, -0.25) is 14.5 Å². The van der Waals surface area contributed by atoms with E-state index < -0.39 is 6.10 Å². The summed E-state index contributed by atoms with van der Waals surface area (Å²) >= 11 is 0. The van der Waals surface area contributed by atoms with Crippen LogP contribution in [0, 0.1) is 24.6 Å². The smallest absolute Gasteiger partial charge is 0.232 e. The van der Waals surface area contributed by atoms with Gasteiger partial charge in [-0.2, -0.15) is 0 Å². The Hall–Kier alpha value is -1.75. The molecular formula is C15H18FNO3. The van der Waals surface area contributed by atoms with Gasteiger partial charge >= 0.3 is 0 Å². The average molecular weight is 279 g/mol. The third kappa shape index (κ3) is 2.45. The van der Waals surface area contributed by atoms with Crippen molar-refractivity contribution in [1.82, 2.24) is 4.90 Å². The van der Waals surface area contributed by atoms with Gasteiger partial charge in [0.1, 0.15) is 5.82 Å². The monoisotopic (exact) mass is 279 g/mol. The number of aryl methyl sites for hydroxylation is 1. The van der Waals surface area contributed by atoms with Gasteiger partial charge in [-0.25, -0.2) is 4.39 Å². The van der Waals surface area contributed by atoms with Crippen molar-refractivity contribution >= 4 is 11.8 Å². The Labute approximate surface area is 117 Å². The molecule has 0 aromatic heterocycles. The van der Waals surface area contributed by atoms with Crippen LogP contribution >= 0.6 is 0 Å². The highest BCUT2D eigenvalue weighted by molar-refractivity contribution is 6.04. The maximum Gasteiger partial charge on any atom is 0.232 e. The molecule has 0 spiro atoms. The zero-order valence-electron chi connectivity index (χ0n) is 11.8. The highest BCUT2D eigenvalue weighted by Gasteiger charge is 2.42. The molecule has 0 saturated carbocycles. The van der Waals surface area contributed by atoms with Crippen molar-refractivity contribution in [3.8, 4) is 0 Å². The van der Waals surface area contributed by atoms with Gasteiger partial charge < -0.3 is 5.11 Å². The van der Waals surface area contributed by atoms with Crippen LogP contribution < -0.4 is 0 Å². The Morgan fingerprint density at radius 3 is 2.30 bits per heavy atom. The van der Waals surface area contributed by atoms with Crippen molar-refractivity contribution in [3.63, 3.8) is 0 Å². The summed E-state index contributed by atoms with van der Waals surface area (Å²) in [5, 5.41) is 10.2. The van der Waals surface area contributed by atoms with Crippen LogP contribution in [0.1, 0.15) is 31.1 Å². The molecule has 1 aliphatic rings. The predicted octanol–water partition coefficient (Wildman–Crippen LogP) is 1.81. The Kier molecular flexibility index (Phi) is 3.90. The van der Waals surface area contributed by atoms with Crippen molar-refractivity contribution in [2.45, 2.75) is 26.9 Å². The Balaban J connectivity index is 2.18. The van der Waals surface area contributed by atoms with Crippen molar-refractivity contribution in [3.05, 3.63) is 35.1 Å². The molecule has 1 heterocycles. The molecule has 2 rings (SSSR count). The topological polar surface area (TPSA) is 57.6 Å². The molecule has 1 aliphatic heterocycles. The molecule has 1 saturated heterocycles. The predicted molar refractivity (Wildman–Crippen MR) is 71.1 cm³/mol. The van der Waals surface area contributed by atoms with E-state index in [4.69, 9.17) is 0 Å². The van der Waals surface area contributed by atoms with E-state index in [0.29, 0.717) is 11.1 Å². The normalized spacial score (nSPS) is 24.4. The number of β-amino-alcohol motifs (C(OH)–C–C–N with tert-alkyl or cyclic N) is 1. The van der Waals surface area contributed by atoms with E-state index in [1.165, 1.54) is 18.2 Å². The number of hydrogen-bond donors (Lipinski definition) is 1. The molecule has 5 heteroatoms. The van der Waals surface area contributed by atoms with Crippen molar-refractivity contribution in [2.24, 2.45) is 11.8 Å². The van der Waals surface area contributed by atoms with E-state index in [9.17, 15) is 19.1 Å². The highest BCUT2D eigenvalue weighted by atomic mass is 19.1. The van der Waals surface area contributed by atoms with E-state index in [1.54, 1.807) is 20.8 Å². The summed E-state index contributed by atoms with van der Waals surface area (Å²) in [5.74, 6) is -1.62. The highest BCUT2D eigenvalue weighted by Crippen LogP contribution is 2.28. The van der Waals surface area contributed by atoms with Crippen LogP contribution in [0.2, 0.25) is 0 Å². The SMILES string of the molecule is Cc1cc(F)ccc1C(O)CN1C(=O)C(C)C(C)C1=O. The molecule has 20 heavy (non-hydrogen) atoms. The first-order valence-corrected chi connectivity index (χ1v) is 6.62. The van der Waals surface area contributed by atoms with Gasteiger partial charge in [0, 0.05) is 11.8 Å². The standard InChI is InChI=1S/C15H18FNO3/c1-8-6-11(16)4-5-12(8)13(18)7-17-14(19)9(2)10(3)15(17)20/h4-6,9-10,13,18H,7H2,1-3H3. The number of aliphatic hydroxyl groups is 1. The van der Waals surface area contributed by atoms with Crippen LogP contribution in [0.15, 0.2) is 18.2 Å². The molecule has 0 radical (unpaired) electrons. The average Bonchev–Trinajstić information content (AvgIpc) is 2.56. The number of rotatable bonds is 3. The molecule has 1 fully saturated rings. The molecule has 1 aromatic carbocycles. The Morgan fingerprint density at radius 1 is 1.25 bits per heavy atom. The van der Waals surface area contributed by atoms with E-state index >= 15 is 0 Å². The molecule has 0 aliphatic carbocycles. The van der Waals surface area contributed by atoms with Gasteiger partial charge in [-0.05, 0) is 30.2 Å². The fourth-order valence-electron chi connectivity index (χ4n) is 2.49. The van der Waals surface area contributed by atoms with E-state index in [1.807, 2.05) is 0 Å². The number of nitrogens with zero attached hydrogens (tertiary/aromatic N) is 1. The Bertz CT molecular complexity index is 538. The fraction of sp³-hybridized carbons (Fsp3) is 0.467. The summed E-state index contributed by atoms with van der Waals surface area (Å²) in [6, 6.07) is 4.05. The molecule has 4 nitrogen and oxygen atoms in total. The first-order valence-electron chi connectivity index (χ1n) is 6.62. The minimum atomic E-state index is -0.999. The van der Waals surface area contributed by atoms with Crippen LogP contribution in [0.5, 0.6) is 0 Å². The fourth-order valence-corrected chi connectivity index (χ4v) is 2.49. The van der Waals surface area contributed by atoms with Crippen LogP contribution in [0.3, 0.4) is 0 Å². The molecule has 1 N–H and O–H groups in total. The number of hydrogen-bond acceptors (Lipinski definition) is 3. The summed E-state index contributed by atoms with van der Waals surface area (Å²) in [4.78, 5) is 25.0. The minimum Gasteiger partial charge on any atom is -0.387 e. The van der Waals surface area contributed by atoms with E-state index in [0.717, 1.165) is 4.90 Å². The largest absolute Gasteiger partial charge is 0.387 e. The molecule has 3 unspecified atom stereocenters. The maximum absolute atomic E-state index is 13.0. The first-order chi connectivity index (χ1) is 9.32. The second-order valence-electron chi connectivity index (χ2n) is 5.38. The molecular weight excluding hydrogens is 261 g/mol. The second-order valence-corrected chi connectivity index (χ2v) is 5.38. The van der Waals surface area contributed by atoms with Crippen molar-refractivity contribution in [2.75, 3.05) is 6.54 Å². The lowest BCUT2D eigenvalue weighted by Crippen LogP contribution is -2.35. The number of amides is 2. The lowest BCUT2D eigenvalue weighted by atomic mass is 10.00. The minimum absolute atomic E-state index is 0.0845. The van der Waals surface area contributed by atoms with Gasteiger partial charge in [0.05, 0.1) is 12.6 Å². The molecule has 2 amide bonds. The zero-order chi connectivity index (χ0) is 15.0. The van der Waals surface area contributed by atoms with Gasteiger partial charge in [0.25, 0.3) is 0 Å². The molecule has 3 atom stereocenters. The third-order valence-corrected chi connectivity index (χ3v) is 4.01. The second kappa shape index (κ2) is 5.32. The Morgan fingerprint density at radius 2 is 1.80 bits per heavy atom. The van der Waals surface area contributed by atoms with Crippen molar-refractivity contribution < 1.29 is 19.1 Å². The number of benzene rings is 1. The molecule has 108 valence electrons. The summed E-state index contributed by atoms with van der Waals surface area (Å²) < 4.78 is 13.0. The van der Waals surface area contributed by atoms with Gasteiger partial charge in [0.15, 0.2) is 0 Å². The van der Waals surface area contributed by atoms with Crippen LogP contribution in [0.25, 0.3) is 0 Å². The summed E-state index contributed by atoms with van der Waals surface area (Å²) in [5.41, 5.74) is 1.12. The lowest BCUT2D eigenvalue weighted by Gasteiger charge is -2.20. The van der Waals surface area contributed by atoms with Gasteiger partial charge in [-0.1, -0.05) is 19.9 Å². The van der Waals surface area contributed by atoms with Crippen LogP contribution in [-0.2, 0) is 9.59 Å². The first kappa shape index (κ1) is 14.7. The molecule has 1 aromatic rings. The van der Waals surface area contributed by atoms with Crippen molar-refractivity contribution in [1.29, 1.82) is 0 Å². The number of carbonyl (C=O) groups is 2.